The van der Waals surface area contributed by atoms with Crippen LogP contribution in [0.2, 0.25) is 0 Å². The zero-order valence-corrected chi connectivity index (χ0v) is 7.64. The zero-order valence-electron chi connectivity index (χ0n) is 7.64. The van der Waals surface area contributed by atoms with E-state index in [1.807, 2.05) is 18.2 Å². The zero-order chi connectivity index (χ0) is 9.90. The third-order valence-corrected chi connectivity index (χ3v) is 2.08. The minimum atomic E-state index is -1.28. The second-order valence-corrected chi connectivity index (χ2v) is 3.24. The first-order valence-corrected chi connectivity index (χ1v) is 4.17. The van der Waals surface area contributed by atoms with E-state index in [1.54, 1.807) is 12.1 Å². The molecule has 0 aromatic heterocycles. The summed E-state index contributed by atoms with van der Waals surface area (Å²) < 4.78 is 0. The molecule has 0 spiro atoms. The van der Waals surface area contributed by atoms with Crippen LogP contribution in [0.15, 0.2) is 43.0 Å². The Bertz CT molecular complexity index is 277. The van der Waals surface area contributed by atoms with Crippen molar-refractivity contribution < 1.29 is 10.2 Å². The highest BCUT2D eigenvalue weighted by atomic mass is 16.3. The summed E-state index contributed by atoms with van der Waals surface area (Å²) in [6.45, 7) is 4.99. The third kappa shape index (κ3) is 2.17. The van der Waals surface area contributed by atoms with Gasteiger partial charge in [0.25, 0.3) is 0 Å². The quantitative estimate of drug-likeness (QED) is 0.691. The smallest absolute Gasteiger partial charge is 0.111 e. The Kier molecular flexibility index (Phi) is 2.86. The molecule has 2 heteroatoms. The molecule has 0 radical (unpaired) electrons. The monoisotopic (exact) mass is 178 g/mol. The van der Waals surface area contributed by atoms with Gasteiger partial charge >= 0.3 is 0 Å². The molecular formula is C11H14O2. The van der Waals surface area contributed by atoms with E-state index in [2.05, 4.69) is 6.58 Å². The molecule has 0 bridgehead atoms. The summed E-state index contributed by atoms with van der Waals surface area (Å²) in [5.74, 6) is 0. The van der Waals surface area contributed by atoms with Crippen LogP contribution in [-0.4, -0.2) is 15.8 Å². The summed E-state index contributed by atoms with van der Waals surface area (Å²) >= 11 is 0. The van der Waals surface area contributed by atoms with Crippen molar-refractivity contribution in [3.63, 3.8) is 0 Å². The van der Waals surface area contributed by atoms with Gasteiger partial charge in [0.1, 0.15) is 11.7 Å². The SMILES string of the molecule is C=C[C@@](C)(O)[C@H](O)c1ccccc1. The van der Waals surface area contributed by atoms with Crippen molar-refractivity contribution in [1.82, 2.24) is 0 Å². The van der Waals surface area contributed by atoms with Crippen molar-refractivity contribution in [3.05, 3.63) is 48.6 Å². The maximum absolute atomic E-state index is 9.73. The minimum Gasteiger partial charge on any atom is -0.385 e. The van der Waals surface area contributed by atoms with Crippen LogP contribution >= 0.6 is 0 Å². The molecule has 0 heterocycles. The molecule has 1 rings (SSSR count). The number of rotatable bonds is 3. The molecule has 0 unspecified atom stereocenters. The topological polar surface area (TPSA) is 40.5 Å². The van der Waals surface area contributed by atoms with Gasteiger partial charge in [-0.15, -0.1) is 6.58 Å². The molecular weight excluding hydrogens is 164 g/mol. The predicted molar refractivity (Wildman–Crippen MR) is 52.2 cm³/mol. The van der Waals surface area contributed by atoms with Crippen molar-refractivity contribution in [1.29, 1.82) is 0 Å². The summed E-state index contributed by atoms with van der Waals surface area (Å²) in [4.78, 5) is 0. The van der Waals surface area contributed by atoms with Crippen LogP contribution in [-0.2, 0) is 0 Å². The summed E-state index contributed by atoms with van der Waals surface area (Å²) in [5, 5.41) is 19.4. The molecule has 2 atom stereocenters. The highest BCUT2D eigenvalue weighted by Crippen LogP contribution is 2.25. The molecule has 2 N–H and O–H groups in total. The normalized spacial score (nSPS) is 17.5. The Balaban J connectivity index is 2.91. The Morgan fingerprint density at radius 2 is 1.92 bits per heavy atom. The fourth-order valence-corrected chi connectivity index (χ4v) is 1.08. The molecule has 13 heavy (non-hydrogen) atoms. The lowest BCUT2D eigenvalue weighted by atomic mass is 9.93. The highest BCUT2D eigenvalue weighted by molar-refractivity contribution is 5.21. The summed E-state index contributed by atoms with van der Waals surface area (Å²) in [6.07, 6.45) is 0.413. The van der Waals surface area contributed by atoms with E-state index in [9.17, 15) is 10.2 Å². The number of hydrogen-bond acceptors (Lipinski definition) is 2. The lowest BCUT2D eigenvalue weighted by Gasteiger charge is -2.25. The summed E-state index contributed by atoms with van der Waals surface area (Å²) in [6, 6.07) is 9.03. The molecule has 0 aliphatic carbocycles. The van der Waals surface area contributed by atoms with E-state index in [0.29, 0.717) is 5.56 Å². The van der Waals surface area contributed by atoms with Crippen LogP contribution in [0.3, 0.4) is 0 Å². The molecule has 0 saturated heterocycles. The lowest BCUT2D eigenvalue weighted by molar-refractivity contribution is -0.0275. The van der Waals surface area contributed by atoms with Gasteiger partial charge in [-0.05, 0) is 12.5 Å². The maximum Gasteiger partial charge on any atom is 0.111 e. The van der Waals surface area contributed by atoms with Gasteiger partial charge in [0.2, 0.25) is 0 Å². The van der Waals surface area contributed by atoms with Gasteiger partial charge in [-0.1, -0.05) is 36.4 Å². The average Bonchev–Trinajstić information content (AvgIpc) is 2.18. The van der Waals surface area contributed by atoms with Crippen molar-refractivity contribution in [2.24, 2.45) is 0 Å². The van der Waals surface area contributed by atoms with Crippen LogP contribution in [0.4, 0.5) is 0 Å². The van der Waals surface area contributed by atoms with Gasteiger partial charge in [-0.2, -0.15) is 0 Å². The lowest BCUT2D eigenvalue weighted by Crippen LogP contribution is -2.29. The van der Waals surface area contributed by atoms with E-state index in [-0.39, 0.29) is 0 Å². The van der Waals surface area contributed by atoms with Gasteiger partial charge in [0, 0.05) is 0 Å². The van der Waals surface area contributed by atoms with E-state index >= 15 is 0 Å². The van der Waals surface area contributed by atoms with Crippen LogP contribution < -0.4 is 0 Å². The highest BCUT2D eigenvalue weighted by Gasteiger charge is 2.27. The standard InChI is InChI=1S/C11H14O2/c1-3-11(2,13)10(12)9-7-5-4-6-8-9/h3-8,10,12-13H,1H2,2H3/t10-,11-/m1/s1. The van der Waals surface area contributed by atoms with Crippen molar-refractivity contribution in [3.8, 4) is 0 Å². The van der Waals surface area contributed by atoms with Gasteiger partial charge < -0.3 is 10.2 Å². The largest absolute Gasteiger partial charge is 0.385 e. The van der Waals surface area contributed by atoms with Gasteiger partial charge in [-0.3, -0.25) is 0 Å². The fraction of sp³-hybridized carbons (Fsp3) is 0.273. The van der Waals surface area contributed by atoms with E-state index in [4.69, 9.17) is 0 Å². The molecule has 1 aromatic rings. The molecule has 70 valence electrons. The molecule has 2 nitrogen and oxygen atoms in total. The Hall–Kier alpha value is -1.12. The Morgan fingerprint density at radius 3 is 2.38 bits per heavy atom. The first-order chi connectivity index (χ1) is 6.08. The predicted octanol–water partition coefficient (Wildman–Crippen LogP) is 1.66. The third-order valence-electron chi connectivity index (χ3n) is 2.08. The first-order valence-electron chi connectivity index (χ1n) is 4.17. The minimum absolute atomic E-state index is 0.687. The molecule has 0 aliphatic heterocycles. The molecule has 1 aromatic carbocycles. The van der Waals surface area contributed by atoms with Crippen molar-refractivity contribution in [2.75, 3.05) is 0 Å². The number of hydrogen-bond donors (Lipinski definition) is 2. The second kappa shape index (κ2) is 3.73. The van der Waals surface area contributed by atoms with Crippen LogP contribution in [0, 0.1) is 0 Å². The molecule has 0 amide bonds. The van der Waals surface area contributed by atoms with Gasteiger partial charge in [0.15, 0.2) is 0 Å². The van der Waals surface area contributed by atoms with Crippen LogP contribution in [0.25, 0.3) is 0 Å². The van der Waals surface area contributed by atoms with Crippen LogP contribution in [0.5, 0.6) is 0 Å². The Morgan fingerprint density at radius 1 is 1.38 bits per heavy atom. The maximum atomic E-state index is 9.73. The number of benzene rings is 1. The molecule has 0 aliphatic rings. The van der Waals surface area contributed by atoms with Crippen LogP contribution in [0.1, 0.15) is 18.6 Å². The van der Waals surface area contributed by atoms with Crippen molar-refractivity contribution >= 4 is 0 Å². The van der Waals surface area contributed by atoms with Gasteiger partial charge in [-0.25, -0.2) is 0 Å². The first kappa shape index (κ1) is 9.96. The summed E-state index contributed by atoms with van der Waals surface area (Å²) in [7, 11) is 0. The number of aliphatic hydroxyl groups excluding tert-OH is 1. The second-order valence-electron chi connectivity index (χ2n) is 3.24. The molecule has 0 fully saturated rings. The Labute approximate surface area is 78.2 Å². The van der Waals surface area contributed by atoms with Crippen molar-refractivity contribution in [2.45, 2.75) is 18.6 Å². The molecule has 0 saturated carbocycles. The van der Waals surface area contributed by atoms with E-state index < -0.39 is 11.7 Å². The summed E-state index contributed by atoms with van der Waals surface area (Å²) in [5.41, 5.74) is -0.589. The number of aliphatic hydroxyl groups is 2. The van der Waals surface area contributed by atoms with E-state index in [0.717, 1.165) is 0 Å². The van der Waals surface area contributed by atoms with E-state index in [1.165, 1.54) is 13.0 Å². The average molecular weight is 178 g/mol. The van der Waals surface area contributed by atoms with Gasteiger partial charge in [0.05, 0.1) is 0 Å². The fourth-order valence-electron chi connectivity index (χ4n) is 1.08.